The second-order valence-corrected chi connectivity index (χ2v) is 5.55. The second-order valence-electron chi connectivity index (χ2n) is 2.40. The minimum absolute atomic E-state index is 0.164. The topological polar surface area (TPSA) is 34.1 Å². The summed E-state index contributed by atoms with van der Waals surface area (Å²) in [5.41, 5.74) is 0.164. The molecule has 1 aromatic carbocycles. The lowest BCUT2D eigenvalue weighted by Gasteiger charge is -2.01. The predicted octanol–water partition coefficient (Wildman–Crippen LogP) is 2.55. The van der Waals surface area contributed by atoms with Crippen LogP contribution in [0.1, 0.15) is 5.56 Å². The standard InChI is InChI=1S/C7H5Cl2FO2S/c8-7-5(4-13(9,11)12)2-1-3-6(7)10/h1-3H,4H2. The van der Waals surface area contributed by atoms with Gasteiger partial charge < -0.3 is 0 Å². The van der Waals surface area contributed by atoms with E-state index in [-0.39, 0.29) is 10.6 Å². The molecule has 1 rings (SSSR count). The average molecular weight is 243 g/mol. The summed E-state index contributed by atoms with van der Waals surface area (Å²) in [6.07, 6.45) is 0. The highest BCUT2D eigenvalue weighted by molar-refractivity contribution is 8.13. The molecule has 0 amide bonds. The van der Waals surface area contributed by atoms with Crippen LogP contribution in [0.15, 0.2) is 18.2 Å². The summed E-state index contributed by atoms with van der Waals surface area (Å²) in [4.78, 5) is 0. The normalized spacial score (nSPS) is 11.6. The van der Waals surface area contributed by atoms with Crippen LogP contribution in [-0.4, -0.2) is 8.42 Å². The van der Waals surface area contributed by atoms with Crippen LogP contribution in [0, 0.1) is 5.82 Å². The van der Waals surface area contributed by atoms with Crippen molar-refractivity contribution in [3.05, 3.63) is 34.6 Å². The summed E-state index contributed by atoms with van der Waals surface area (Å²) in [6, 6.07) is 3.93. The van der Waals surface area contributed by atoms with E-state index in [4.69, 9.17) is 22.3 Å². The molecular weight excluding hydrogens is 238 g/mol. The molecule has 0 radical (unpaired) electrons. The number of hydrogen-bond donors (Lipinski definition) is 0. The van der Waals surface area contributed by atoms with Crippen LogP contribution in [0.5, 0.6) is 0 Å². The third-order valence-electron chi connectivity index (χ3n) is 1.36. The van der Waals surface area contributed by atoms with E-state index in [0.29, 0.717) is 0 Å². The molecule has 0 heterocycles. The molecule has 0 aliphatic heterocycles. The van der Waals surface area contributed by atoms with E-state index in [1.54, 1.807) is 0 Å². The van der Waals surface area contributed by atoms with Gasteiger partial charge in [0.1, 0.15) is 5.82 Å². The third kappa shape index (κ3) is 3.14. The van der Waals surface area contributed by atoms with E-state index in [1.165, 1.54) is 12.1 Å². The molecule has 0 bridgehead atoms. The van der Waals surface area contributed by atoms with Crippen molar-refractivity contribution in [3.63, 3.8) is 0 Å². The third-order valence-corrected chi connectivity index (χ3v) is 2.77. The highest BCUT2D eigenvalue weighted by Crippen LogP contribution is 2.22. The Morgan fingerprint density at radius 3 is 2.54 bits per heavy atom. The zero-order valence-electron chi connectivity index (χ0n) is 6.30. The molecule has 0 aromatic heterocycles. The molecule has 0 saturated carbocycles. The fraction of sp³-hybridized carbons (Fsp3) is 0.143. The van der Waals surface area contributed by atoms with Crippen molar-refractivity contribution in [3.8, 4) is 0 Å². The molecule has 1 aromatic rings. The van der Waals surface area contributed by atoms with Crippen LogP contribution in [0.2, 0.25) is 5.02 Å². The van der Waals surface area contributed by atoms with Crippen LogP contribution in [-0.2, 0) is 14.8 Å². The van der Waals surface area contributed by atoms with Crippen molar-refractivity contribution in [2.24, 2.45) is 0 Å². The molecule has 0 saturated heterocycles. The van der Waals surface area contributed by atoms with Crippen LogP contribution >= 0.6 is 22.3 Å². The lowest BCUT2D eigenvalue weighted by molar-refractivity contribution is 0.608. The molecular formula is C7H5Cl2FO2S. The SMILES string of the molecule is O=S(=O)(Cl)Cc1cccc(F)c1Cl. The van der Waals surface area contributed by atoms with Gasteiger partial charge in [0.2, 0.25) is 9.05 Å². The first-order valence-electron chi connectivity index (χ1n) is 3.25. The fourth-order valence-corrected chi connectivity index (χ4v) is 2.08. The van der Waals surface area contributed by atoms with Crippen LogP contribution < -0.4 is 0 Å². The van der Waals surface area contributed by atoms with Crippen molar-refractivity contribution in [1.29, 1.82) is 0 Å². The van der Waals surface area contributed by atoms with E-state index in [9.17, 15) is 12.8 Å². The Labute approximate surface area is 84.7 Å². The van der Waals surface area contributed by atoms with Crippen molar-refractivity contribution in [1.82, 2.24) is 0 Å². The zero-order chi connectivity index (χ0) is 10.1. The molecule has 72 valence electrons. The summed E-state index contributed by atoms with van der Waals surface area (Å²) in [6.45, 7) is 0. The Balaban J connectivity index is 3.10. The number of hydrogen-bond acceptors (Lipinski definition) is 2. The van der Waals surface area contributed by atoms with Crippen molar-refractivity contribution in [2.45, 2.75) is 5.75 Å². The quantitative estimate of drug-likeness (QED) is 0.748. The van der Waals surface area contributed by atoms with E-state index < -0.39 is 20.6 Å². The first-order valence-corrected chi connectivity index (χ1v) is 6.11. The monoisotopic (exact) mass is 242 g/mol. The van der Waals surface area contributed by atoms with Gasteiger partial charge in [-0.2, -0.15) is 0 Å². The molecule has 0 aliphatic rings. The minimum atomic E-state index is -3.70. The Morgan fingerprint density at radius 1 is 1.38 bits per heavy atom. The number of halogens is 3. The lowest BCUT2D eigenvalue weighted by Crippen LogP contribution is -1.96. The molecule has 2 nitrogen and oxygen atoms in total. The molecule has 0 fully saturated rings. The summed E-state index contributed by atoms with van der Waals surface area (Å²) >= 11 is 5.50. The molecule has 0 unspecified atom stereocenters. The summed E-state index contributed by atoms with van der Waals surface area (Å²) in [5.74, 6) is -1.12. The number of rotatable bonds is 2. The van der Waals surface area contributed by atoms with Gasteiger partial charge in [-0.25, -0.2) is 12.8 Å². The molecule has 0 aliphatic carbocycles. The van der Waals surface area contributed by atoms with Gasteiger partial charge in [0.05, 0.1) is 10.8 Å². The Hall–Kier alpha value is -0.320. The van der Waals surface area contributed by atoms with Gasteiger partial charge >= 0.3 is 0 Å². The highest BCUT2D eigenvalue weighted by Gasteiger charge is 2.12. The summed E-state index contributed by atoms with van der Waals surface area (Å²) < 4.78 is 34.1. The Bertz CT molecular complexity index is 417. The first kappa shape index (κ1) is 10.8. The van der Waals surface area contributed by atoms with Gasteiger partial charge in [-0.05, 0) is 11.6 Å². The summed E-state index contributed by atoms with van der Waals surface area (Å²) in [5, 5.41) is -0.202. The van der Waals surface area contributed by atoms with E-state index in [1.807, 2.05) is 0 Å². The van der Waals surface area contributed by atoms with Gasteiger partial charge in [0.15, 0.2) is 0 Å². The minimum Gasteiger partial charge on any atom is -0.212 e. The predicted molar refractivity (Wildman–Crippen MR) is 49.9 cm³/mol. The van der Waals surface area contributed by atoms with Gasteiger partial charge in [-0.1, -0.05) is 23.7 Å². The fourth-order valence-electron chi connectivity index (χ4n) is 0.846. The van der Waals surface area contributed by atoms with E-state index in [0.717, 1.165) is 6.07 Å². The molecule has 13 heavy (non-hydrogen) atoms. The zero-order valence-corrected chi connectivity index (χ0v) is 8.63. The highest BCUT2D eigenvalue weighted by atomic mass is 35.7. The smallest absolute Gasteiger partial charge is 0.212 e. The van der Waals surface area contributed by atoms with Crippen LogP contribution in [0.3, 0.4) is 0 Å². The first-order chi connectivity index (χ1) is 5.90. The summed E-state index contributed by atoms with van der Waals surface area (Å²) in [7, 11) is 1.29. The van der Waals surface area contributed by atoms with E-state index in [2.05, 4.69) is 0 Å². The molecule has 0 atom stereocenters. The Morgan fingerprint density at radius 2 is 2.00 bits per heavy atom. The van der Waals surface area contributed by atoms with Crippen LogP contribution in [0.4, 0.5) is 4.39 Å². The Kier molecular flexibility index (Phi) is 3.16. The van der Waals surface area contributed by atoms with Crippen molar-refractivity contribution in [2.75, 3.05) is 0 Å². The average Bonchev–Trinajstić information content (AvgIpc) is 1.96. The largest absolute Gasteiger partial charge is 0.236 e. The maximum atomic E-state index is 12.8. The van der Waals surface area contributed by atoms with Crippen LogP contribution in [0.25, 0.3) is 0 Å². The maximum absolute atomic E-state index is 12.8. The second kappa shape index (κ2) is 3.82. The van der Waals surface area contributed by atoms with Gasteiger partial charge in [-0.15, -0.1) is 0 Å². The maximum Gasteiger partial charge on any atom is 0.236 e. The van der Waals surface area contributed by atoms with Crippen molar-refractivity contribution < 1.29 is 12.8 Å². The van der Waals surface area contributed by atoms with E-state index >= 15 is 0 Å². The molecule has 6 heteroatoms. The molecule has 0 N–H and O–H groups in total. The van der Waals surface area contributed by atoms with Crippen molar-refractivity contribution >= 4 is 31.3 Å². The van der Waals surface area contributed by atoms with Gasteiger partial charge in [0.25, 0.3) is 0 Å². The van der Waals surface area contributed by atoms with Gasteiger partial charge in [0, 0.05) is 10.7 Å². The molecule has 0 spiro atoms. The number of benzene rings is 1. The lowest BCUT2D eigenvalue weighted by atomic mass is 10.2. The van der Waals surface area contributed by atoms with Gasteiger partial charge in [-0.3, -0.25) is 0 Å².